The molecule has 2 aromatic carbocycles. The van der Waals surface area contributed by atoms with Crippen LogP contribution in [0.2, 0.25) is 0 Å². The van der Waals surface area contributed by atoms with Gasteiger partial charge in [0.1, 0.15) is 22.8 Å². The lowest BCUT2D eigenvalue weighted by Crippen LogP contribution is -2.33. The van der Waals surface area contributed by atoms with Gasteiger partial charge in [-0.3, -0.25) is 0 Å². The SMILES string of the molecule is COCCc1ccc(C2COc3c(ccc4c3CCC(C)(C)O4)C2)c(N=O)c1. The van der Waals surface area contributed by atoms with Crippen molar-refractivity contribution in [2.75, 3.05) is 20.3 Å². The predicted molar refractivity (Wildman–Crippen MR) is 109 cm³/mol. The first-order chi connectivity index (χ1) is 13.5. The highest BCUT2D eigenvalue weighted by Gasteiger charge is 2.32. The van der Waals surface area contributed by atoms with Crippen LogP contribution in [-0.4, -0.2) is 25.9 Å². The number of nitrogens with zero attached hydrogens (tertiary/aromatic N) is 1. The Morgan fingerprint density at radius 2 is 2.11 bits per heavy atom. The molecule has 0 fully saturated rings. The Morgan fingerprint density at radius 3 is 2.89 bits per heavy atom. The average Bonchev–Trinajstić information content (AvgIpc) is 2.70. The summed E-state index contributed by atoms with van der Waals surface area (Å²) in [5, 5.41) is 3.29. The molecule has 4 rings (SSSR count). The quantitative estimate of drug-likeness (QED) is 0.677. The Bertz CT molecular complexity index is 890. The van der Waals surface area contributed by atoms with Gasteiger partial charge in [0.05, 0.1) is 13.2 Å². The van der Waals surface area contributed by atoms with Gasteiger partial charge in [0, 0.05) is 18.6 Å². The van der Waals surface area contributed by atoms with E-state index in [0.29, 0.717) is 18.9 Å². The van der Waals surface area contributed by atoms with Crippen molar-refractivity contribution in [2.24, 2.45) is 5.18 Å². The van der Waals surface area contributed by atoms with Gasteiger partial charge in [-0.05, 0) is 73.5 Å². The Hall–Kier alpha value is -2.40. The highest BCUT2D eigenvalue weighted by molar-refractivity contribution is 5.55. The molecule has 1 unspecified atom stereocenters. The highest BCUT2D eigenvalue weighted by atomic mass is 16.5. The second-order valence-electron chi connectivity index (χ2n) is 8.33. The number of ether oxygens (including phenoxy) is 3. The van der Waals surface area contributed by atoms with Crippen molar-refractivity contribution in [2.45, 2.75) is 51.0 Å². The fraction of sp³-hybridized carbons (Fsp3) is 0.478. The summed E-state index contributed by atoms with van der Waals surface area (Å²) in [6.45, 7) is 5.42. The lowest BCUT2D eigenvalue weighted by molar-refractivity contribution is 0.0827. The van der Waals surface area contributed by atoms with Crippen LogP contribution >= 0.6 is 0 Å². The zero-order valence-corrected chi connectivity index (χ0v) is 16.8. The molecule has 2 aliphatic rings. The summed E-state index contributed by atoms with van der Waals surface area (Å²) in [5.74, 6) is 2.03. The van der Waals surface area contributed by atoms with Crippen molar-refractivity contribution in [3.05, 3.63) is 57.5 Å². The van der Waals surface area contributed by atoms with Crippen molar-refractivity contribution in [1.82, 2.24) is 0 Å². The monoisotopic (exact) mass is 381 g/mol. The molecule has 0 aromatic heterocycles. The van der Waals surface area contributed by atoms with Crippen LogP contribution in [-0.2, 0) is 24.0 Å². The molecule has 2 aliphatic heterocycles. The first kappa shape index (κ1) is 18.9. The third kappa shape index (κ3) is 3.63. The summed E-state index contributed by atoms with van der Waals surface area (Å²) in [4.78, 5) is 11.5. The largest absolute Gasteiger partial charge is 0.492 e. The van der Waals surface area contributed by atoms with E-state index in [1.54, 1.807) is 7.11 Å². The number of benzene rings is 2. The molecule has 0 saturated carbocycles. The number of rotatable bonds is 5. The maximum atomic E-state index is 11.5. The Balaban J connectivity index is 1.59. The zero-order chi connectivity index (χ0) is 19.7. The standard InChI is InChI=1S/C23H27NO4/c1-23(2)10-8-19-21(28-23)7-5-16-13-17(14-27-22(16)19)18-6-4-15(9-11-26-3)12-20(18)24-25/h4-7,12,17H,8-11,13-14H2,1-3H3. The van der Waals surface area contributed by atoms with E-state index in [9.17, 15) is 4.91 Å². The maximum absolute atomic E-state index is 11.5. The van der Waals surface area contributed by atoms with Crippen LogP contribution in [0.25, 0.3) is 0 Å². The molecule has 5 nitrogen and oxygen atoms in total. The molecule has 0 saturated heterocycles. The normalized spacial score (nSPS) is 19.8. The van der Waals surface area contributed by atoms with Crippen molar-refractivity contribution in [3.63, 3.8) is 0 Å². The summed E-state index contributed by atoms with van der Waals surface area (Å²) in [6.07, 6.45) is 3.55. The minimum Gasteiger partial charge on any atom is -0.492 e. The molecule has 0 amide bonds. The van der Waals surface area contributed by atoms with Gasteiger partial charge < -0.3 is 14.2 Å². The van der Waals surface area contributed by atoms with Gasteiger partial charge in [0.25, 0.3) is 0 Å². The molecule has 2 aromatic rings. The highest BCUT2D eigenvalue weighted by Crippen LogP contribution is 2.44. The van der Waals surface area contributed by atoms with E-state index in [4.69, 9.17) is 14.2 Å². The molecule has 1 atom stereocenters. The van der Waals surface area contributed by atoms with Gasteiger partial charge in [0.2, 0.25) is 0 Å². The maximum Gasteiger partial charge on any atom is 0.129 e. The molecule has 2 heterocycles. The predicted octanol–water partition coefficient (Wildman–Crippen LogP) is 5.10. The number of nitroso groups, excluding NO2 is 1. The number of methoxy groups -OCH3 is 1. The molecule has 28 heavy (non-hydrogen) atoms. The Labute approximate surface area is 166 Å². The number of hydrogen-bond acceptors (Lipinski definition) is 5. The van der Waals surface area contributed by atoms with Gasteiger partial charge in [-0.1, -0.05) is 18.2 Å². The van der Waals surface area contributed by atoms with Gasteiger partial charge in [0.15, 0.2) is 0 Å². The van der Waals surface area contributed by atoms with Crippen LogP contribution in [0.4, 0.5) is 5.69 Å². The van der Waals surface area contributed by atoms with Crippen LogP contribution in [0.1, 0.15) is 48.4 Å². The van der Waals surface area contributed by atoms with Crippen molar-refractivity contribution < 1.29 is 14.2 Å². The third-order valence-electron chi connectivity index (χ3n) is 5.79. The summed E-state index contributed by atoms with van der Waals surface area (Å²) < 4.78 is 17.5. The smallest absolute Gasteiger partial charge is 0.129 e. The van der Waals surface area contributed by atoms with Gasteiger partial charge in [-0.15, -0.1) is 4.91 Å². The van der Waals surface area contributed by atoms with Crippen molar-refractivity contribution >= 4 is 5.69 Å². The second-order valence-corrected chi connectivity index (χ2v) is 8.33. The molecule has 0 radical (unpaired) electrons. The molecule has 0 aliphatic carbocycles. The van der Waals surface area contributed by atoms with E-state index in [2.05, 4.69) is 37.2 Å². The molecule has 5 heteroatoms. The molecular formula is C23H27NO4. The lowest BCUT2D eigenvalue weighted by Gasteiger charge is -2.35. The fourth-order valence-electron chi connectivity index (χ4n) is 4.20. The zero-order valence-electron chi connectivity index (χ0n) is 16.8. The molecule has 0 N–H and O–H groups in total. The molecule has 0 spiro atoms. The van der Waals surface area contributed by atoms with Crippen molar-refractivity contribution in [1.29, 1.82) is 0 Å². The van der Waals surface area contributed by atoms with Crippen LogP contribution in [0.5, 0.6) is 11.5 Å². The fourth-order valence-corrected chi connectivity index (χ4v) is 4.20. The van der Waals surface area contributed by atoms with E-state index in [1.807, 2.05) is 12.1 Å². The minimum atomic E-state index is -0.131. The average molecular weight is 381 g/mol. The van der Waals surface area contributed by atoms with Gasteiger partial charge >= 0.3 is 0 Å². The van der Waals surface area contributed by atoms with E-state index in [-0.39, 0.29) is 11.5 Å². The van der Waals surface area contributed by atoms with Crippen LogP contribution in [0.15, 0.2) is 35.5 Å². The molecule has 0 bridgehead atoms. The second kappa shape index (κ2) is 7.55. The summed E-state index contributed by atoms with van der Waals surface area (Å²) in [5.41, 5.74) is 4.75. The summed E-state index contributed by atoms with van der Waals surface area (Å²) >= 11 is 0. The number of fused-ring (bicyclic) bond motifs is 3. The lowest BCUT2D eigenvalue weighted by atomic mass is 9.85. The van der Waals surface area contributed by atoms with Crippen LogP contribution < -0.4 is 9.47 Å². The topological polar surface area (TPSA) is 57.1 Å². The first-order valence-corrected chi connectivity index (χ1v) is 9.92. The number of hydrogen-bond donors (Lipinski definition) is 0. The minimum absolute atomic E-state index is 0.121. The Kier molecular flexibility index (Phi) is 5.11. The third-order valence-corrected chi connectivity index (χ3v) is 5.79. The van der Waals surface area contributed by atoms with Gasteiger partial charge in [-0.25, -0.2) is 0 Å². The van der Waals surface area contributed by atoms with Gasteiger partial charge in [-0.2, -0.15) is 0 Å². The van der Waals surface area contributed by atoms with Crippen LogP contribution in [0.3, 0.4) is 0 Å². The summed E-state index contributed by atoms with van der Waals surface area (Å²) in [6, 6.07) is 10.1. The molecular weight excluding hydrogens is 354 g/mol. The Morgan fingerprint density at radius 1 is 1.25 bits per heavy atom. The first-order valence-electron chi connectivity index (χ1n) is 9.92. The molecule has 148 valence electrons. The van der Waals surface area contributed by atoms with Crippen LogP contribution in [0, 0.1) is 4.91 Å². The van der Waals surface area contributed by atoms with Crippen molar-refractivity contribution in [3.8, 4) is 11.5 Å². The summed E-state index contributed by atoms with van der Waals surface area (Å²) in [7, 11) is 1.68. The van der Waals surface area contributed by atoms with E-state index >= 15 is 0 Å². The van der Waals surface area contributed by atoms with E-state index in [0.717, 1.165) is 48.3 Å². The van der Waals surface area contributed by atoms with E-state index < -0.39 is 0 Å². The van der Waals surface area contributed by atoms with E-state index in [1.165, 1.54) is 11.1 Å².